The Labute approximate surface area is 120 Å². The number of halogens is 2. The van der Waals surface area contributed by atoms with Gasteiger partial charge in [-0.1, -0.05) is 6.08 Å². The van der Waals surface area contributed by atoms with E-state index in [0.717, 1.165) is 5.57 Å². The molecular formula is C13H16F2N4S. The number of thioether (sulfide) groups is 1. The van der Waals surface area contributed by atoms with Crippen molar-refractivity contribution in [2.75, 3.05) is 13.1 Å². The zero-order chi connectivity index (χ0) is 13.9. The third-order valence-corrected chi connectivity index (χ3v) is 5.50. The topological polar surface area (TPSA) is 53.3 Å². The summed E-state index contributed by atoms with van der Waals surface area (Å²) in [6.07, 6.45) is 6.05. The maximum atomic E-state index is 13.2. The lowest BCUT2D eigenvalue weighted by Gasteiger charge is -2.30. The highest BCUT2D eigenvalue weighted by Crippen LogP contribution is 2.59. The van der Waals surface area contributed by atoms with Crippen molar-refractivity contribution in [2.45, 2.75) is 17.5 Å². The second-order valence-corrected chi connectivity index (χ2v) is 6.67. The van der Waals surface area contributed by atoms with Crippen LogP contribution in [0.1, 0.15) is 0 Å². The third-order valence-electron chi connectivity index (χ3n) is 4.44. The normalized spacial score (nSPS) is 41.5. The van der Waals surface area contributed by atoms with E-state index >= 15 is 0 Å². The van der Waals surface area contributed by atoms with E-state index in [2.05, 4.69) is 15.5 Å². The van der Waals surface area contributed by atoms with Crippen molar-refractivity contribution in [3.8, 4) is 0 Å². The minimum absolute atomic E-state index is 0.0269. The van der Waals surface area contributed by atoms with Gasteiger partial charge in [-0.05, 0) is 6.08 Å². The Kier molecular flexibility index (Phi) is 2.59. The van der Waals surface area contributed by atoms with Crippen LogP contribution in [-0.2, 0) is 0 Å². The molecule has 2 fully saturated rings. The molecule has 1 saturated carbocycles. The van der Waals surface area contributed by atoms with Crippen LogP contribution < -0.4 is 16.4 Å². The highest BCUT2D eigenvalue weighted by molar-refractivity contribution is 8.03. The minimum Gasteiger partial charge on any atom is -0.385 e. The first-order valence-corrected chi connectivity index (χ1v) is 7.64. The molecule has 0 bridgehead atoms. The maximum absolute atomic E-state index is 13.2. The summed E-state index contributed by atoms with van der Waals surface area (Å²) < 4.78 is 26.4. The lowest BCUT2D eigenvalue weighted by molar-refractivity contribution is 0.0461. The fourth-order valence-corrected chi connectivity index (χ4v) is 4.02. The van der Waals surface area contributed by atoms with E-state index < -0.39 is 17.8 Å². The molecule has 4 nitrogen and oxygen atoms in total. The number of hydrogen-bond donors (Lipinski definition) is 3. The average Bonchev–Trinajstić information content (AvgIpc) is 2.90. The quantitative estimate of drug-likeness (QED) is 0.709. The molecule has 0 radical (unpaired) electrons. The molecule has 4 rings (SSSR count). The zero-order valence-corrected chi connectivity index (χ0v) is 11.5. The summed E-state index contributed by atoms with van der Waals surface area (Å²) in [5, 5.41) is 8.47. The Morgan fingerprint density at radius 2 is 2.10 bits per heavy atom. The first kappa shape index (κ1) is 12.5. The average molecular weight is 298 g/mol. The van der Waals surface area contributed by atoms with Crippen LogP contribution in [0.2, 0.25) is 0 Å². The monoisotopic (exact) mass is 298 g/mol. The van der Waals surface area contributed by atoms with E-state index in [-0.39, 0.29) is 11.5 Å². The molecule has 20 heavy (non-hydrogen) atoms. The summed E-state index contributed by atoms with van der Waals surface area (Å²) in [7, 11) is 0. The van der Waals surface area contributed by atoms with Crippen molar-refractivity contribution in [1.82, 2.24) is 15.5 Å². The van der Waals surface area contributed by atoms with Crippen molar-refractivity contribution in [3.05, 3.63) is 35.2 Å². The minimum atomic E-state index is -2.41. The van der Waals surface area contributed by atoms with Crippen LogP contribution in [0, 0.1) is 11.8 Å². The van der Waals surface area contributed by atoms with Crippen LogP contribution in [-0.4, -0.2) is 35.5 Å². The van der Waals surface area contributed by atoms with Gasteiger partial charge in [0.2, 0.25) is 0 Å². The number of hydrogen-bond acceptors (Lipinski definition) is 5. The van der Waals surface area contributed by atoms with Gasteiger partial charge in [-0.2, -0.15) is 0 Å². The molecule has 0 aromatic heterocycles. The van der Waals surface area contributed by atoms with Gasteiger partial charge in [-0.25, -0.2) is 8.78 Å². The number of nitrogens with one attached hydrogen (secondary N) is 2. The number of alkyl halides is 2. The molecule has 7 heteroatoms. The van der Waals surface area contributed by atoms with Gasteiger partial charge in [0.15, 0.2) is 0 Å². The standard InChI is InChI=1S/C13H16F2N4S/c14-13(15)8-4-19(5-9(8)13)11-2-1-7(3-17-11)12-18-10(16)6-20-12/h1-3,6,8-9,11-12,17-18H,4-5,16H2. The van der Waals surface area contributed by atoms with Gasteiger partial charge in [0.05, 0.1) is 6.17 Å². The molecule has 3 aliphatic heterocycles. The van der Waals surface area contributed by atoms with Crippen molar-refractivity contribution < 1.29 is 8.78 Å². The molecule has 4 aliphatic rings. The molecule has 0 spiro atoms. The molecule has 108 valence electrons. The predicted octanol–water partition coefficient (Wildman–Crippen LogP) is 0.973. The van der Waals surface area contributed by atoms with Gasteiger partial charge in [0.25, 0.3) is 5.92 Å². The van der Waals surface area contributed by atoms with E-state index in [4.69, 9.17) is 5.73 Å². The Hall–Kier alpha value is -1.21. The van der Waals surface area contributed by atoms with Gasteiger partial charge < -0.3 is 16.4 Å². The highest BCUT2D eigenvalue weighted by atomic mass is 32.2. The predicted molar refractivity (Wildman–Crippen MR) is 74.4 cm³/mol. The zero-order valence-electron chi connectivity index (χ0n) is 10.7. The fraction of sp³-hybridized carbons (Fsp3) is 0.538. The summed E-state index contributed by atoms with van der Waals surface area (Å²) in [6, 6.07) is 0. The van der Waals surface area contributed by atoms with E-state index in [1.54, 1.807) is 11.8 Å². The number of nitrogens with zero attached hydrogens (tertiary/aromatic N) is 1. The number of fused-ring (bicyclic) bond motifs is 1. The molecule has 4 N–H and O–H groups in total. The Balaban J connectivity index is 1.35. The molecule has 4 atom stereocenters. The lowest BCUT2D eigenvalue weighted by Crippen LogP contribution is -2.45. The van der Waals surface area contributed by atoms with E-state index in [1.165, 1.54) is 0 Å². The third kappa shape index (κ3) is 1.83. The number of dihydropyridines is 1. The first-order valence-electron chi connectivity index (χ1n) is 6.69. The lowest BCUT2D eigenvalue weighted by atomic mass is 10.2. The van der Waals surface area contributed by atoms with Crippen LogP contribution in [0.5, 0.6) is 0 Å². The van der Waals surface area contributed by atoms with Crippen molar-refractivity contribution in [2.24, 2.45) is 17.6 Å². The smallest absolute Gasteiger partial charge is 0.257 e. The second kappa shape index (κ2) is 4.14. The van der Waals surface area contributed by atoms with E-state index in [0.29, 0.717) is 18.9 Å². The van der Waals surface area contributed by atoms with Gasteiger partial charge in [-0.15, -0.1) is 11.8 Å². The summed E-state index contributed by atoms with van der Waals surface area (Å²) in [6.45, 7) is 0.960. The van der Waals surface area contributed by atoms with Crippen LogP contribution in [0.15, 0.2) is 35.2 Å². The van der Waals surface area contributed by atoms with E-state index in [1.807, 2.05) is 23.8 Å². The van der Waals surface area contributed by atoms with Crippen LogP contribution in [0.3, 0.4) is 0 Å². The Morgan fingerprint density at radius 1 is 1.35 bits per heavy atom. The van der Waals surface area contributed by atoms with Gasteiger partial charge >= 0.3 is 0 Å². The number of piperidine rings is 1. The Morgan fingerprint density at radius 3 is 2.65 bits per heavy atom. The Bertz CT molecular complexity index is 516. The number of likely N-dealkylation sites (tertiary alicyclic amines) is 1. The highest BCUT2D eigenvalue weighted by Gasteiger charge is 2.71. The van der Waals surface area contributed by atoms with Gasteiger partial charge in [0.1, 0.15) is 11.2 Å². The summed E-state index contributed by atoms with van der Waals surface area (Å²) >= 11 is 1.63. The molecule has 1 saturated heterocycles. The maximum Gasteiger partial charge on any atom is 0.257 e. The van der Waals surface area contributed by atoms with Gasteiger partial charge in [0, 0.05) is 42.1 Å². The van der Waals surface area contributed by atoms with Crippen LogP contribution in [0.4, 0.5) is 8.78 Å². The van der Waals surface area contributed by atoms with Crippen molar-refractivity contribution in [1.29, 1.82) is 0 Å². The summed E-state index contributed by atoms with van der Waals surface area (Å²) in [4.78, 5) is 2.08. The van der Waals surface area contributed by atoms with Crippen molar-refractivity contribution >= 4 is 11.8 Å². The molecule has 1 aliphatic carbocycles. The molecule has 0 aromatic carbocycles. The largest absolute Gasteiger partial charge is 0.385 e. The molecule has 0 aromatic rings. The summed E-state index contributed by atoms with van der Waals surface area (Å²) in [5.74, 6) is -2.60. The molecule has 4 unspecified atom stereocenters. The number of nitrogens with two attached hydrogens (primary N) is 1. The first-order chi connectivity index (χ1) is 9.55. The van der Waals surface area contributed by atoms with Gasteiger partial charge in [-0.3, -0.25) is 4.90 Å². The second-order valence-electron chi connectivity index (χ2n) is 5.69. The SMILES string of the molecule is NC1=CSC(C2=CNC(N3CC4C(C3)C4(F)F)C=C2)N1. The van der Waals surface area contributed by atoms with Crippen LogP contribution in [0.25, 0.3) is 0 Å². The number of rotatable bonds is 2. The van der Waals surface area contributed by atoms with E-state index in [9.17, 15) is 8.78 Å². The summed E-state index contributed by atoms with van der Waals surface area (Å²) in [5.41, 5.74) is 6.79. The van der Waals surface area contributed by atoms with Crippen LogP contribution >= 0.6 is 11.8 Å². The molecular weight excluding hydrogens is 282 g/mol. The molecule has 0 amide bonds. The molecule has 3 heterocycles. The van der Waals surface area contributed by atoms with Crippen molar-refractivity contribution in [3.63, 3.8) is 0 Å². The fourth-order valence-electron chi connectivity index (χ4n) is 3.17.